The van der Waals surface area contributed by atoms with E-state index in [2.05, 4.69) is 16.0 Å². The molecule has 1 aliphatic rings. The molecule has 102 valence electrons. The number of imidazole rings is 1. The molecular formula is C13H18N4O2. The van der Waals surface area contributed by atoms with E-state index in [1.54, 1.807) is 19.4 Å². The van der Waals surface area contributed by atoms with Gasteiger partial charge in [-0.05, 0) is 26.3 Å². The molecule has 2 heterocycles. The van der Waals surface area contributed by atoms with Gasteiger partial charge in [0.1, 0.15) is 6.04 Å². The molecule has 0 aliphatic carbocycles. The topological polar surface area (TPSA) is 82.0 Å². The number of hydrogen-bond donors (Lipinski definition) is 1. The first kappa shape index (κ1) is 13.6. The fraction of sp³-hybridized carbons (Fsp3) is 0.615. The second-order valence-electron chi connectivity index (χ2n) is 4.62. The number of esters is 1. The Balaban J connectivity index is 2.04. The average molecular weight is 262 g/mol. The van der Waals surface area contributed by atoms with Gasteiger partial charge in [-0.1, -0.05) is 0 Å². The van der Waals surface area contributed by atoms with Gasteiger partial charge in [0.25, 0.3) is 0 Å². The summed E-state index contributed by atoms with van der Waals surface area (Å²) in [4.78, 5) is 20.7. The Morgan fingerprint density at radius 3 is 3.26 bits per heavy atom. The standard InChI is InChI=1S/C13H18N4O2/c1-2-19-13(18)10-4-3-5-17(8-10)12(6-14)11-7-15-9-16-11/h7,9-10,12H,2-5,8H2,1H3,(H,15,16). The van der Waals surface area contributed by atoms with Crippen molar-refractivity contribution < 1.29 is 9.53 Å². The van der Waals surface area contributed by atoms with Crippen molar-refractivity contribution in [3.05, 3.63) is 18.2 Å². The Bertz CT molecular complexity index is 452. The van der Waals surface area contributed by atoms with Crippen LogP contribution in [-0.4, -0.2) is 40.5 Å². The van der Waals surface area contributed by atoms with Gasteiger partial charge in [-0.15, -0.1) is 0 Å². The van der Waals surface area contributed by atoms with Crippen LogP contribution in [0.1, 0.15) is 31.5 Å². The lowest BCUT2D eigenvalue weighted by Gasteiger charge is -2.33. The minimum absolute atomic E-state index is 0.132. The maximum absolute atomic E-state index is 11.8. The SMILES string of the molecule is CCOC(=O)C1CCCN(C(C#N)c2cnc[nH]2)C1. The summed E-state index contributed by atoms with van der Waals surface area (Å²) in [5.74, 6) is -0.291. The van der Waals surface area contributed by atoms with E-state index in [0.717, 1.165) is 25.1 Å². The van der Waals surface area contributed by atoms with E-state index in [1.807, 2.05) is 4.90 Å². The van der Waals surface area contributed by atoms with Crippen molar-refractivity contribution in [1.29, 1.82) is 5.26 Å². The number of nitriles is 1. The zero-order chi connectivity index (χ0) is 13.7. The molecule has 0 bridgehead atoms. The third-order valence-corrected chi connectivity index (χ3v) is 3.37. The zero-order valence-corrected chi connectivity index (χ0v) is 11.0. The van der Waals surface area contributed by atoms with Crippen molar-refractivity contribution in [2.75, 3.05) is 19.7 Å². The monoisotopic (exact) mass is 262 g/mol. The number of carbonyl (C=O) groups is 1. The molecule has 19 heavy (non-hydrogen) atoms. The van der Waals surface area contributed by atoms with Crippen LogP contribution in [0.5, 0.6) is 0 Å². The summed E-state index contributed by atoms with van der Waals surface area (Å²) >= 11 is 0. The van der Waals surface area contributed by atoms with Gasteiger partial charge in [-0.3, -0.25) is 9.69 Å². The van der Waals surface area contributed by atoms with Crippen LogP contribution in [0, 0.1) is 17.2 Å². The highest BCUT2D eigenvalue weighted by Crippen LogP contribution is 2.26. The van der Waals surface area contributed by atoms with Crippen molar-refractivity contribution in [2.24, 2.45) is 5.92 Å². The predicted molar refractivity (Wildman–Crippen MR) is 67.9 cm³/mol. The van der Waals surface area contributed by atoms with E-state index in [0.29, 0.717) is 13.2 Å². The molecule has 1 aromatic heterocycles. The molecular weight excluding hydrogens is 244 g/mol. The number of likely N-dealkylation sites (tertiary alicyclic amines) is 1. The van der Waals surface area contributed by atoms with Crippen LogP contribution in [0.15, 0.2) is 12.5 Å². The first-order chi connectivity index (χ1) is 9.26. The van der Waals surface area contributed by atoms with Gasteiger partial charge < -0.3 is 9.72 Å². The highest BCUT2D eigenvalue weighted by Gasteiger charge is 2.31. The second kappa shape index (κ2) is 6.34. The van der Waals surface area contributed by atoms with Crippen molar-refractivity contribution in [1.82, 2.24) is 14.9 Å². The van der Waals surface area contributed by atoms with E-state index in [-0.39, 0.29) is 17.9 Å². The Kier molecular flexibility index (Phi) is 4.53. The molecule has 1 saturated heterocycles. The van der Waals surface area contributed by atoms with E-state index in [9.17, 15) is 10.1 Å². The molecule has 0 radical (unpaired) electrons. The minimum atomic E-state index is -0.375. The van der Waals surface area contributed by atoms with Crippen molar-refractivity contribution in [3.63, 3.8) is 0 Å². The fourth-order valence-corrected chi connectivity index (χ4v) is 2.46. The maximum atomic E-state index is 11.8. The van der Waals surface area contributed by atoms with Crippen LogP contribution in [0.4, 0.5) is 0 Å². The molecule has 1 aliphatic heterocycles. The van der Waals surface area contributed by atoms with Crippen LogP contribution in [0.25, 0.3) is 0 Å². The number of hydrogen-bond acceptors (Lipinski definition) is 5. The first-order valence-corrected chi connectivity index (χ1v) is 6.54. The molecule has 6 nitrogen and oxygen atoms in total. The summed E-state index contributed by atoms with van der Waals surface area (Å²) < 4.78 is 5.07. The van der Waals surface area contributed by atoms with Gasteiger partial charge in [0, 0.05) is 6.54 Å². The van der Waals surface area contributed by atoms with E-state index in [1.165, 1.54) is 0 Å². The molecule has 6 heteroatoms. The Labute approximate surface area is 112 Å². The van der Waals surface area contributed by atoms with Crippen LogP contribution >= 0.6 is 0 Å². The first-order valence-electron chi connectivity index (χ1n) is 6.54. The normalized spacial score (nSPS) is 21.6. The van der Waals surface area contributed by atoms with E-state index < -0.39 is 0 Å². The molecule has 0 aromatic carbocycles. The number of aromatic nitrogens is 2. The number of rotatable bonds is 4. The van der Waals surface area contributed by atoms with Gasteiger partial charge in [0.15, 0.2) is 0 Å². The molecule has 1 N–H and O–H groups in total. The number of piperidine rings is 1. The number of aromatic amines is 1. The quantitative estimate of drug-likeness (QED) is 0.826. The molecule has 2 atom stereocenters. The number of ether oxygens (including phenoxy) is 1. The number of H-pyrrole nitrogens is 1. The highest BCUT2D eigenvalue weighted by atomic mass is 16.5. The van der Waals surface area contributed by atoms with Gasteiger partial charge in [-0.25, -0.2) is 4.98 Å². The molecule has 0 spiro atoms. The largest absolute Gasteiger partial charge is 0.466 e. The van der Waals surface area contributed by atoms with Crippen molar-refractivity contribution in [2.45, 2.75) is 25.8 Å². The molecule has 0 saturated carbocycles. The number of nitrogens with one attached hydrogen (secondary N) is 1. The lowest BCUT2D eigenvalue weighted by atomic mass is 9.96. The summed E-state index contributed by atoms with van der Waals surface area (Å²) in [5, 5.41) is 9.32. The lowest BCUT2D eigenvalue weighted by Crippen LogP contribution is -2.41. The molecule has 1 fully saturated rings. The van der Waals surface area contributed by atoms with Crippen LogP contribution < -0.4 is 0 Å². The zero-order valence-electron chi connectivity index (χ0n) is 11.0. The summed E-state index contributed by atoms with van der Waals surface area (Å²) in [6, 6.07) is 1.89. The van der Waals surface area contributed by atoms with E-state index >= 15 is 0 Å². The molecule has 2 unspecified atom stereocenters. The van der Waals surface area contributed by atoms with Crippen molar-refractivity contribution in [3.8, 4) is 6.07 Å². The number of nitrogens with zero attached hydrogens (tertiary/aromatic N) is 3. The van der Waals surface area contributed by atoms with Gasteiger partial charge >= 0.3 is 5.97 Å². The summed E-state index contributed by atoms with van der Waals surface area (Å²) in [6.07, 6.45) is 4.95. The van der Waals surface area contributed by atoms with E-state index in [4.69, 9.17) is 4.74 Å². The Hall–Kier alpha value is -1.87. The second-order valence-corrected chi connectivity index (χ2v) is 4.62. The summed E-state index contributed by atoms with van der Waals surface area (Å²) in [6.45, 7) is 3.59. The summed E-state index contributed by atoms with van der Waals surface area (Å²) in [5.41, 5.74) is 0.770. The van der Waals surface area contributed by atoms with Gasteiger partial charge in [-0.2, -0.15) is 5.26 Å². The lowest BCUT2D eigenvalue weighted by molar-refractivity contribution is -0.150. The Morgan fingerprint density at radius 1 is 1.79 bits per heavy atom. The smallest absolute Gasteiger partial charge is 0.310 e. The van der Waals surface area contributed by atoms with Crippen molar-refractivity contribution >= 4 is 5.97 Å². The van der Waals surface area contributed by atoms with Gasteiger partial charge in [0.2, 0.25) is 0 Å². The average Bonchev–Trinajstić information content (AvgIpc) is 2.94. The summed E-state index contributed by atoms with van der Waals surface area (Å²) in [7, 11) is 0. The predicted octanol–water partition coefficient (Wildman–Crippen LogP) is 1.25. The third kappa shape index (κ3) is 3.12. The van der Waals surface area contributed by atoms with Crippen LogP contribution in [0.3, 0.4) is 0 Å². The van der Waals surface area contributed by atoms with Crippen LogP contribution in [0.2, 0.25) is 0 Å². The maximum Gasteiger partial charge on any atom is 0.310 e. The third-order valence-electron chi connectivity index (χ3n) is 3.37. The highest BCUT2D eigenvalue weighted by molar-refractivity contribution is 5.72. The minimum Gasteiger partial charge on any atom is -0.466 e. The molecule has 0 amide bonds. The van der Waals surface area contributed by atoms with Crippen LogP contribution in [-0.2, 0) is 9.53 Å². The fourth-order valence-electron chi connectivity index (χ4n) is 2.46. The molecule has 1 aromatic rings. The number of carbonyl (C=O) groups excluding carboxylic acids is 1. The molecule has 2 rings (SSSR count). The van der Waals surface area contributed by atoms with Gasteiger partial charge in [0.05, 0.1) is 36.8 Å². The Morgan fingerprint density at radius 2 is 2.63 bits per heavy atom.